The molecule has 0 aromatic heterocycles. The van der Waals surface area contributed by atoms with Crippen molar-refractivity contribution in [3.63, 3.8) is 0 Å². The second kappa shape index (κ2) is 5.06. The maximum atomic E-state index is 11.9. The van der Waals surface area contributed by atoms with E-state index < -0.39 is 6.04 Å². The van der Waals surface area contributed by atoms with Crippen LogP contribution in [-0.4, -0.2) is 37.6 Å². The molecular formula is C14H19N3OS. The van der Waals surface area contributed by atoms with E-state index in [-0.39, 0.29) is 5.91 Å². The molecule has 1 aromatic carbocycles. The molecule has 0 saturated carbocycles. The van der Waals surface area contributed by atoms with Crippen molar-refractivity contribution in [3.8, 4) is 0 Å². The SMILES string of the molecule is CN1C(=O)C(N)c2ccc(N3CCCSCC3)cc21. The summed E-state index contributed by atoms with van der Waals surface area (Å²) in [5.74, 6) is 2.40. The van der Waals surface area contributed by atoms with Gasteiger partial charge in [-0.3, -0.25) is 4.79 Å². The van der Waals surface area contributed by atoms with E-state index in [1.165, 1.54) is 23.6 Å². The number of nitrogens with zero attached hydrogens (tertiary/aromatic N) is 2. The maximum Gasteiger partial charge on any atom is 0.248 e. The molecule has 0 aliphatic carbocycles. The highest BCUT2D eigenvalue weighted by atomic mass is 32.2. The fourth-order valence-corrected chi connectivity index (χ4v) is 3.63. The van der Waals surface area contributed by atoms with Gasteiger partial charge in [-0.25, -0.2) is 0 Å². The molecule has 1 fully saturated rings. The first kappa shape index (κ1) is 12.8. The molecule has 1 amide bonds. The Morgan fingerprint density at radius 1 is 1.32 bits per heavy atom. The fraction of sp³-hybridized carbons (Fsp3) is 0.500. The van der Waals surface area contributed by atoms with Crippen molar-refractivity contribution < 1.29 is 4.79 Å². The van der Waals surface area contributed by atoms with Crippen molar-refractivity contribution in [1.29, 1.82) is 0 Å². The summed E-state index contributed by atoms with van der Waals surface area (Å²) in [7, 11) is 1.80. The molecule has 19 heavy (non-hydrogen) atoms. The standard InChI is InChI=1S/C14H19N3OS/c1-16-12-9-10(17-5-2-7-19-8-6-17)3-4-11(12)13(15)14(16)18/h3-4,9,13H,2,5-8,15H2,1H3. The molecule has 5 heteroatoms. The van der Waals surface area contributed by atoms with Crippen molar-refractivity contribution >= 4 is 29.0 Å². The molecule has 1 aromatic rings. The predicted octanol–water partition coefficient (Wildman–Crippen LogP) is 1.61. The summed E-state index contributed by atoms with van der Waals surface area (Å²) in [5, 5.41) is 0. The average molecular weight is 277 g/mol. The van der Waals surface area contributed by atoms with E-state index in [0.29, 0.717) is 0 Å². The van der Waals surface area contributed by atoms with Gasteiger partial charge >= 0.3 is 0 Å². The minimum atomic E-state index is -0.492. The van der Waals surface area contributed by atoms with Crippen LogP contribution in [0.3, 0.4) is 0 Å². The smallest absolute Gasteiger partial charge is 0.248 e. The van der Waals surface area contributed by atoms with E-state index in [1.54, 1.807) is 11.9 Å². The van der Waals surface area contributed by atoms with Crippen molar-refractivity contribution in [1.82, 2.24) is 0 Å². The van der Waals surface area contributed by atoms with Gasteiger partial charge in [0.25, 0.3) is 0 Å². The summed E-state index contributed by atoms with van der Waals surface area (Å²) in [6.07, 6.45) is 1.22. The van der Waals surface area contributed by atoms with Gasteiger partial charge in [-0.1, -0.05) is 6.07 Å². The molecule has 1 atom stereocenters. The number of fused-ring (bicyclic) bond motifs is 1. The van der Waals surface area contributed by atoms with Crippen LogP contribution in [-0.2, 0) is 4.79 Å². The Hall–Kier alpha value is -1.20. The molecule has 1 unspecified atom stereocenters. The Morgan fingerprint density at radius 2 is 2.16 bits per heavy atom. The Bertz CT molecular complexity index is 497. The number of benzene rings is 1. The van der Waals surface area contributed by atoms with Gasteiger partial charge in [-0.15, -0.1) is 0 Å². The maximum absolute atomic E-state index is 11.9. The molecule has 2 N–H and O–H groups in total. The van der Waals surface area contributed by atoms with E-state index in [1.807, 2.05) is 17.8 Å². The zero-order valence-electron chi connectivity index (χ0n) is 11.1. The highest BCUT2D eigenvalue weighted by Gasteiger charge is 2.32. The lowest BCUT2D eigenvalue weighted by Crippen LogP contribution is -2.28. The zero-order valence-corrected chi connectivity index (χ0v) is 11.9. The second-order valence-electron chi connectivity index (χ2n) is 5.07. The molecule has 102 valence electrons. The molecule has 0 bridgehead atoms. The van der Waals surface area contributed by atoms with Crippen LogP contribution in [0, 0.1) is 0 Å². The molecule has 0 spiro atoms. The normalized spacial score (nSPS) is 23.5. The summed E-state index contributed by atoms with van der Waals surface area (Å²) >= 11 is 2.01. The number of hydrogen-bond donors (Lipinski definition) is 1. The van der Waals surface area contributed by atoms with Crippen LogP contribution in [0.5, 0.6) is 0 Å². The van der Waals surface area contributed by atoms with E-state index in [4.69, 9.17) is 5.73 Å². The number of anilines is 2. The summed E-state index contributed by atoms with van der Waals surface area (Å²) in [6.45, 7) is 2.17. The number of rotatable bonds is 1. The molecule has 1 saturated heterocycles. The minimum Gasteiger partial charge on any atom is -0.371 e. The Kier molecular flexibility index (Phi) is 3.41. The van der Waals surface area contributed by atoms with Gasteiger partial charge < -0.3 is 15.5 Å². The number of amides is 1. The van der Waals surface area contributed by atoms with Crippen molar-refractivity contribution in [2.45, 2.75) is 12.5 Å². The lowest BCUT2D eigenvalue weighted by molar-refractivity contribution is -0.118. The average Bonchev–Trinajstić information content (AvgIpc) is 2.68. The third-order valence-corrected chi connectivity index (χ3v) is 4.94. The first-order valence-electron chi connectivity index (χ1n) is 6.68. The lowest BCUT2D eigenvalue weighted by Gasteiger charge is -2.23. The highest BCUT2D eigenvalue weighted by Crippen LogP contribution is 2.36. The number of nitrogens with two attached hydrogens (primary N) is 1. The molecule has 3 rings (SSSR count). The molecule has 2 aliphatic rings. The Labute approximate surface area is 117 Å². The first-order chi connectivity index (χ1) is 9.18. The van der Waals surface area contributed by atoms with Crippen LogP contribution < -0.4 is 15.5 Å². The van der Waals surface area contributed by atoms with E-state index >= 15 is 0 Å². The van der Waals surface area contributed by atoms with Gasteiger partial charge in [0, 0.05) is 37.1 Å². The fourth-order valence-electron chi connectivity index (χ4n) is 2.75. The van der Waals surface area contributed by atoms with Gasteiger partial charge in [0.2, 0.25) is 5.91 Å². The van der Waals surface area contributed by atoms with Crippen molar-refractivity contribution in [3.05, 3.63) is 23.8 Å². The van der Waals surface area contributed by atoms with Crippen LogP contribution in [0.4, 0.5) is 11.4 Å². The van der Waals surface area contributed by atoms with E-state index in [2.05, 4.69) is 17.0 Å². The summed E-state index contributed by atoms with van der Waals surface area (Å²) in [6, 6.07) is 5.72. The minimum absolute atomic E-state index is 0.0152. The van der Waals surface area contributed by atoms with E-state index in [9.17, 15) is 4.79 Å². The highest BCUT2D eigenvalue weighted by molar-refractivity contribution is 7.99. The number of likely N-dealkylation sites (N-methyl/N-ethyl adjacent to an activating group) is 1. The van der Waals surface area contributed by atoms with Crippen LogP contribution >= 0.6 is 11.8 Å². The third-order valence-electron chi connectivity index (χ3n) is 3.89. The summed E-state index contributed by atoms with van der Waals surface area (Å²) < 4.78 is 0. The molecule has 2 aliphatic heterocycles. The second-order valence-corrected chi connectivity index (χ2v) is 6.30. The van der Waals surface area contributed by atoms with Gasteiger partial charge in [-0.2, -0.15) is 11.8 Å². The number of carbonyl (C=O) groups excluding carboxylic acids is 1. The summed E-state index contributed by atoms with van der Waals surface area (Å²) in [4.78, 5) is 16.0. The molecule has 4 nitrogen and oxygen atoms in total. The monoisotopic (exact) mass is 277 g/mol. The van der Waals surface area contributed by atoms with Crippen LogP contribution in [0.25, 0.3) is 0 Å². The Morgan fingerprint density at radius 3 is 3.00 bits per heavy atom. The summed E-state index contributed by atoms with van der Waals surface area (Å²) in [5.41, 5.74) is 9.04. The van der Waals surface area contributed by atoms with E-state index in [0.717, 1.165) is 24.3 Å². The zero-order chi connectivity index (χ0) is 13.4. The van der Waals surface area contributed by atoms with Gasteiger partial charge in [0.05, 0.1) is 5.69 Å². The van der Waals surface area contributed by atoms with Crippen molar-refractivity contribution in [2.75, 3.05) is 41.4 Å². The molecular weight excluding hydrogens is 258 g/mol. The third kappa shape index (κ3) is 2.21. The first-order valence-corrected chi connectivity index (χ1v) is 7.84. The number of hydrogen-bond acceptors (Lipinski definition) is 4. The lowest BCUT2D eigenvalue weighted by atomic mass is 10.1. The quantitative estimate of drug-likeness (QED) is 0.847. The van der Waals surface area contributed by atoms with Crippen LogP contribution in [0.1, 0.15) is 18.0 Å². The predicted molar refractivity (Wildman–Crippen MR) is 80.9 cm³/mol. The van der Waals surface area contributed by atoms with Gasteiger partial charge in [-0.05, 0) is 24.3 Å². The van der Waals surface area contributed by atoms with Gasteiger partial charge in [0.15, 0.2) is 0 Å². The van der Waals surface area contributed by atoms with Gasteiger partial charge in [0.1, 0.15) is 6.04 Å². The Balaban J connectivity index is 1.91. The molecule has 0 radical (unpaired) electrons. The number of thioether (sulfide) groups is 1. The molecule has 2 heterocycles. The van der Waals surface area contributed by atoms with Crippen molar-refractivity contribution in [2.24, 2.45) is 5.73 Å². The largest absolute Gasteiger partial charge is 0.371 e. The van der Waals surface area contributed by atoms with Crippen LogP contribution in [0.2, 0.25) is 0 Å². The topological polar surface area (TPSA) is 49.6 Å². The van der Waals surface area contributed by atoms with Crippen LogP contribution in [0.15, 0.2) is 18.2 Å². The number of carbonyl (C=O) groups is 1.